The molecule has 0 aliphatic heterocycles. The first kappa shape index (κ1) is 29.8. The molecule has 0 heteroatoms. The van der Waals surface area contributed by atoms with Gasteiger partial charge in [-0.2, -0.15) is 0 Å². The van der Waals surface area contributed by atoms with Gasteiger partial charge < -0.3 is 0 Å². The zero-order valence-corrected chi connectivity index (χ0v) is 9.83. The fourth-order valence-electron chi connectivity index (χ4n) is 1.31. The summed E-state index contributed by atoms with van der Waals surface area (Å²) in [6.07, 6.45) is 5.51. The van der Waals surface area contributed by atoms with Gasteiger partial charge in [-0.15, -0.1) is 0 Å². The van der Waals surface area contributed by atoms with E-state index in [1.807, 2.05) is 0 Å². The maximum absolute atomic E-state index is 2.32. The molecule has 0 aliphatic carbocycles. The second-order valence-electron chi connectivity index (χ2n) is 6.33. The van der Waals surface area contributed by atoms with Crippen LogP contribution in [-0.2, 0) is 0 Å². The van der Waals surface area contributed by atoms with E-state index < -0.39 is 0 Å². The Morgan fingerprint density at radius 3 is 0.812 bits per heavy atom. The second-order valence-corrected chi connectivity index (χ2v) is 6.33. The first-order valence-corrected chi connectivity index (χ1v) is 5.21. The standard InChI is InChI=1S/C12H26.4CH4/c1-11(2,3)9-7-8-10-12(4,5)6;;;;/h7-10H2,1-6H3;4*1H4. The van der Waals surface area contributed by atoms with E-state index in [1.54, 1.807) is 0 Å². The van der Waals surface area contributed by atoms with Crippen LogP contribution in [0, 0.1) is 10.8 Å². The van der Waals surface area contributed by atoms with Crippen LogP contribution in [0.15, 0.2) is 0 Å². The molecular formula is C16H42. The zero-order valence-electron chi connectivity index (χ0n) is 9.83. The van der Waals surface area contributed by atoms with Gasteiger partial charge in [0, 0.05) is 0 Å². The molecule has 0 aliphatic rings. The van der Waals surface area contributed by atoms with E-state index in [0.717, 1.165) is 0 Å². The third-order valence-corrected chi connectivity index (χ3v) is 2.10. The first-order valence-electron chi connectivity index (χ1n) is 5.21. The lowest BCUT2D eigenvalue weighted by Crippen LogP contribution is -2.07. The summed E-state index contributed by atoms with van der Waals surface area (Å²) < 4.78 is 0. The fourth-order valence-corrected chi connectivity index (χ4v) is 1.31. The summed E-state index contributed by atoms with van der Waals surface area (Å²) in [5, 5.41) is 0. The summed E-state index contributed by atoms with van der Waals surface area (Å²) in [6, 6.07) is 0. The lowest BCUT2D eigenvalue weighted by atomic mass is 9.85. The molecule has 0 aromatic carbocycles. The van der Waals surface area contributed by atoms with Gasteiger partial charge in [0.2, 0.25) is 0 Å². The van der Waals surface area contributed by atoms with Gasteiger partial charge in [0.1, 0.15) is 0 Å². The van der Waals surface area contributed by atoms with E-state index in [2.05, 4.69) is 41.5 Å². The predicted octanol–water partition coefficient (Wildman–Crippen LogP) is 7.18. The van der Waals surface area contributed by atoms with Gasteiger partial charge in [0.25, 0.3) is 0 Å². The SMILES string of the molecule is C.C.C.C.CC(C)(C)CCCCC(C)(C)C. The number of unbranched alkanes of at least 4 members (excludes halogenated alkanes) is 1. The van der Waals surface area contributed by atoms with Crippen molar-refractivity contribution in [2.75, 3.05) is 0 Å². The molecule has 0 saturated carbocycles. The first-order chi connectivity index (χ1) is 5.21. The maximum Gasteiger partial charge on any atom is -0.0383 e. The molecule has 16 heavy (non-hydrogen) atoms. The normalized spacial score (nSPS) is 10.1. The van der Waals surface area contributed by atoms with E-state index in [9.17, 15) is 0 Å². The third kappa shape index (κ3) is 29.2. The second kappa shape index (κ2) is 11.5. The van der Waals surface area contributed by atoms with Crippen molar-refractivity contribution in [3.8, 4) is 0 Å². The minimum absolute atomic E-state index is 0. The molecule has 0 radical (unpaired) electrons. The summed E-state index contributed by atoms with van der Waals surface area (Å²) in [7, 11) is 0. The Bertz CT molecular complexity index is 93.0. The van der Waals surface area contributed by atoms with Crippen LogP contribution in [0.4, 0.5) is 0 Å². The highest BCUT2D eigenvalue weighted by molar-refractivity contribution is 4.64. The smallest absolute Gasteiger partial charge is 0.0383 e. The fraction of sp³-hybridized carbons (Fsp3) is 1.00. The molecule has 0 spiro atoms. The highest BCUT2D eigenvalue weighted by Crippen LogP contribution is 2.26. The lowest BCUT2D eigenvalue weighted by molar-refractivity contribution is 0.318. The van der Waals surface area contributed by atoms with Crippen molar-refractivity contribution in [1.29, 1.82) is 0 Å². The molecule has 0 N–H and O–H groups in total. The summed E-state index contributed by atoms with van der Waals surface area (Å²) in [5.74, 6) is 0. The molecule has 0 bridgehead atoms. The summed E-state index contributed by atoms with van der Waals surface area (Å²) >= 11 is 0. The van der Waals surface area contributed by atoms with Gasteiger partial charge in [-0.25, -0.2) is 0 Å². The summed E-state index contributed by atoms with van der Waals surface area (Å²) in [5.41, 5.74) is 1.05. The van der Waals surface area contributed by atoms with Crippen LogP contribution in [-0.4, -0.2) is 0 Å². The van der Waals surface area contributed by atoms with Crippen LogP contribution >= 0.6 is 0 Å². The molecule has 0 fully saturated rings. The van der Waals surface area contributed by atoms with Crippen LogP contribution in [0.2, 0.25) is 0 Å². The summed E-state index contributed by atoms with van der Waals surface area (Å²) in [6.45, 7) is 13.9. The number of rotatable bonds is 3. The van der Waals surface area contributed by atoms with E-state index in [1.165, 1.54) is 25.7 Å². The van der Waals surface area contributed by atoms with Crippen LogP contribution in [0.5, 0.6) is 0 Å². The van der Waals surface area contributed by atoms with Gasteiger partial charge in [-0.3, -0.25) is 0 Å². The largest absolute Gasteiger partial charge is 0.0776 e. The van der Waals surface area contributed by atoms with E-state index >= 15 is 0 Å². The Kier molecular flexibility index (Phi) is 21.4. The minimum Gasteiger partial charge on any atom is -0.0776 e. The van der Waals surface area contributed by atoms with Gasteiger partial charge in [0.05, 0.1) is 0 Å². The maximum atomic E-state index is 2.32. The molecule has 106 valence electrons. The summed E-state index contributed by atoms with van der Waals surface area (Å²) in [4.78, 5) is 0. The molecule has 0 aromatic rings. The number of hydrogen-bond donors (Lipinski definition) is 0. The zero-order chi connectivity index (χ0) is 9.83. The van der Waals surface area contributed by atoms with Crippen molar-refractivity contribution >= 4 is 0 Å². The topological polar surface area (TPSA) is 0 Å². The van der Waals surface area contributed by atoms with Crippen LogP contribution in [0.1, 0.15) is 96.9 Å². The third-order valence-electron chi connectivity index (χ3n) is 2.10. The highest BCUT2D eigenvalue weighted by atomic mass is 14.2. The molecular weight excluding hydrogens is 192 g/mol. The van der Waals surface area contributed by atoms with E-state index in [0.29, 0.717) is 10.8 Å². The van der Waals surface area contributed by atoms with Crippen molar-refractivity contribution in [2.45, 2.75) is 96.9 Å². The van der Waals surface area contributed by atoms with Crippen molar-refractivity contribution in [2.24, 2.45) is 10.8 Å². The molecule has 0 nitrogen and oxygen atoms in total. The monoisotopic (exact) mass is 234 g/mol. The Hall–Kier alpha value is 0. The molecule has 0 unspecified atom stereocenters. The van der Waals surface area contributed by atoms with Crippen LogP contribution < -0.4 is 0 Å². The Balaban J connectivity index is -0.000000101. The average molecular weight is 235 g/mol. The van der Waals surface area contributed by atoms with Crippen molar-refractivity contribution in [3.05, 3.63) is 0 Å². The molecule has 0 saturated heterocycles. The van der Waals surface area contributed by atoms with Crippen LogP contribution in [0.25, 0.3) is 0 Å². The lowest BCUT2D eigenvalue weighted by Gasteiger charge is -2.21. The Morgan fingerprint density at radius 2 is 0.688 bits per heavy atom. The molecule has 0 rings (SSSR count). The highest BCUT2D eigenvalue weighted by Gasteiger charge is 2.12. The van der Waals surface area contributed by atoms with Crippen molar-refractivity contribution in [3.63, 3.8) is 0 Å². The van der Waals surface area contributed by atoms with Gasteiger partial charge in [-0.1, -0.05) is 84.1 Å². The Labute approximate surface area is 108 Å². The molecule has 0 amide bonds. The predicted molar refractivity (Wildman–Crippen MR) is 84.3 cm³/mol. The van der Waals surface area contributed by atoms with E-state index in [-0.39, 0.29) is 29.7 Å². The molecule has 0 aromatic heterocycles. The van der Waals surface area contributed by atoms with Crippen molar-refractivity contribution < 1.29 is 0 Å². The quantitative estimate of drug-likeness (QED) is 0.453. The van der Waals surface area contributed by atoms with E-state index in [4.69, 9.17) is 0 Å². The average Bonchev–Trinajstić information content (AvgIpc) is 1.76. The minimum atomic E-state index is 0. The van der Waals surface area contributed by atoms with Crippen LogP contribution in [0.3, 0.4) is 0 Å². The molecule has 0 atom stereocenters. The van der Waals surface area contributed by atoms with Gasteiger partial charge in [-0.05, 0) is 23.7 Å². The van der Waals surface area contributed by atoms with Crippen molar-refractivity contribution in [1.82, 2.24) is 0 Å². The Morgan fingerprint density at radius 1 is 0.500 bits per heavy atom. The number of hydrogen-bond acceptors (Lipinski definition) is 0. The van der Waals surface area contributed by atoms with Gasteiger partial charge >= 0.3 is 0 Å². The van der Waals surface area contributed by atoms with Gasteiger partial charge in [0.15, 0.2) is 0 Å². The molecule has 0 heterocycles.